The Morgan fingerprint density at radius 1 is 0.912 bits per heavy atom. The molecule has 34 heavy (non-hydrogen) atoms. The Kier molecular flexibility index (Phi) is 9.65. The van der Waals surface area contributed by atoms with Crippen LogP contribution in [-0.4, -0.2) is 44.2 Å². The van der Waals surface area contributed by atoms with Crippen LogP contribution < -0.4 is 0 Å². The Balaban J connectivity index is 1.74. The number of nitrogens with zero attached hydrogens (tertiary/aromatic N) is 1. The van der Waals surface area contributed by atoms with Crippen LogP contribution in [0.15, 0.2) is 84.9 Å². The van der Waals surface area contributed by atoms with Gasteiger partial charge >= 0.3 is 5.97 Å². The third-order valence-corrected chi connectivity index (χ3v) is 6.19. The summed E-state index contributed by atoms with van der Waals surface area (Å²) in [5.41, 5.74) is 2.40. The lowest BCUT2D eigenvalue weighted by atomic mass is 10.2. The number of carbonyl (C=O) groups excluding carboxylic acids is 1. The predicted molar refractivity (Wildman–Crippen MR) is 133 cm³/mol. The molecule has 0 radical (unpaired) electrons. The summed E-state index contributed by atoms with van der Waals surface area (Å²) in [6, 6.07) is 26.1. The minimum atomic E-state index is -3.23. The average Bonchev–Trinajstić information content (AvgIpc) is 2.81. The van der Waals surface area contributed by atoms with Crippen molar-refractivity contribution in [2.45, 2.75) is 25.6 Å². The Morgan fingerprint density at radius 2 is 1.50 bits per heavy atom. The normalized spacial score (nSPS) is 12.4. The molecule has 3 rings (SSSR count). The molecule has 0 amide bonds. The molecule has 3 aromatic rings. The van der Waals surface area contributed by atoms with Crippen LogP contribution in [0.1, 0.15) is 27.9 Å². The summed E-state index contributed by atoms with van der Waals surface area (Å²) < 4.78 is 29.1. The van der Waals surface area contributed by atoms with E-state index >= 15 is 0 Å². The lowest BCUT2D eigenvalue weighted by Gasteiger charge is -2.27. The molecule has 0 N–H and O–H groups in total. The predicted octanol–water partition coefficient (Wildman–Crippen LogP) is 4.93. The summed E-state index contributed by atoms with van der Waals surface area (Å²) in [5, 5.41) is 2.20. The van der Waals surface area contributed by atoms with Crippen molar-refractivity contribution < 1.29 is 22.8 Å². The van der Waals surface area contributed by atoms with E-state index in [0.29, 0.717) is 23.7 Å². The Labute approximate surface area is 205 Å². The third-order valence-electron chi connectivity index (χ3n) is 4.97. The highest BCUT2D eigenvalue weighted by Gasteiger charge is 2.21. The van der Waals surface area contributed by atoms with Crippen LogP contribution in [0.25, 0.3) is 0 Å². The number of rotatable bonds is 12. The molecule has 6 nitrogen and oxygen atoms in total. The number of hydrogen-bond donors (Lipinski definition) is 0. The van der Waals surface area contributed by atoms with E-state index in [4.69, 9.17) is 21.2 Å². The first-order valence-corrected chi connectivity index (χ1v) is 13.3. The number of sulfone groups is 1. The second-order valence-electron chi connectivity index (χ2n) is 8.02. The number of hydroxylamine groups is 2. The van der Waals surface area contributed by atoms with Crippen LogP contribution >= 0.6 is 11.6 Å². The van der Waals surface area contributed by atoms with E-state index in [1.165, 1.54) is 12.3 Å². The molecule has 1 atom stereocenters. The summed E-state index contributed by atoms with van der Waals surface area (Å²) in [6.45, 7) is 0.863. The van der Waals surface area contributed by atoms with E-state index in [0.717, 1.165) is 11.1 Å². The van der Waals surface area contributed by atoms with Crippen LogP contribution in [0.3, 0.4) is 0 Å². The van der Waals surface area contributed by atoms with Crippen molar-refractivity contribution in [1.82, 2.24) is 5.06 Å². The van der Waals surface area contributed by atoms with Crippen molar-refractivity contribution in [2.24, 2.45) is 0 Å². The number of carbonyl (C=O) groups is 1. The second kappa shape index (κ2) is 12.7. The maximum absolute atomic E-state index is 12.5. The number of hydrogen-bond acceptors (Lipinski definition) is 6. The SMILES string of the molecule is CS(=O)(=O)CC[C@@H](COC(=O)c1cccc(Cl)c1)ON(Cc1ccccc1)Cc1ccccc1. The topological polar surface area (TPSA) is 72.9 Å². The number of ether oxygens (including phenoxy) is 1. The standard InChI is InChI=1S/C26H28ClNO5S/c1-34(30,31)16-15-25(20-32-26(29)23-13-8-14-24(27)17-23)33-28(18-21-9-4-2-5-10-21)19-22-11-6-3-7-12-22/h2-14,17,25H,15-16,18-20H2,1H3/t25-/m0/s1. The Hall–Kier alpha value is -2.71. The molecule has 0 aliphatic rings. The van der Waals surface area contributed by atoms with Crippen molar-refractivity contribution in [3.8, 4) is 0 Å². The first kappa shape index (κ1) is 25.9. The van der Waals surface area contributed by atoms with Crippen molar-refractivity contribution >= 4 is 27.4 Å². The van der Waals surface area contributed by atoms with Gasteiger partial charge in [-0.25, -0.2) is 13.2 Å². The summed E-state index contributed by atoms with van der Waals surface area (Å²) in [5.74, 6) is -0.634. The van der Waals surface area contributed by atoms with E-state index < -0.39 is 21.9 Å². The van der Waals surface area contributed by atoms with Gasteiger partial charge in [0.2, 0.25) is 0 Å². The zero-order valence-electron chi connectivity index (χ0n) is 19.0. The van der Waals surface area contributed by atoms with Gasteiger partial charge in [0.25, 0.3) is 0 Å². The molecule has 0 unspecified atom stereocenters. The third kappa shape index (κ3) is 9.27. The summed E-state index contributed by atoms with van der Waals surface area (Å²) in [7, 11) is -3.23. The van der Waals surface area contributed by atoms with E-state index in [1.807, 2.05) is 60.7 Å². The van der Waals surface area contributed by atoms with Crippen molar-refractivity contribution in [3.63, 3.8) is 0 Å². The molecular weight excluding hydrogens is 474 g/mol. The van der Waals surface area contributed by atoms with Gasteiger partial charge in [0.05, 0.1) is 11.3 Å². The van der Waals surface area contributed by atoms with Gasteiger partial charge in [0.15, 0.2) is 0 Å². The first-order valence-electron chi connectivity index (χ1n) is 10.9. The van der Waals surface area contributed by atoms with Gasteiger partial charge in [0.1, 0.15) is 22.5 Å². The van der Waals surface area contributed by atoms with Crippen molar-refractivity contribution in [3.05, 3.63) is 107 Å². The fourth-order valence-electron chi connectivity index (χ4n) is 3.29. The maximum atomic E-state index is 12.5. The highest BCUT2D eigenvalue weighted by Crippen LogP contribution is 2.16. The van der Waals surface area contributed by atoms with E-state index in [-0.39, 0.29) is 18.8 Å². The zero-order valence-corrected chi connectivity index (χ0v) is 20.5. The van der Waals surface area contributed by atoms with Gasteiger partial charge in [-0.3, -0.25) is 4.84 Å². The summed E-state index contributed by atoms with van der Waals surface area (Å²) >= 11 is 5.97. The Morgan fingerprint density at radius 3 is 2.03 bits per heavy atom. The fourth-order valence-corrected chi connectivity index (χ4v) is 4.18. The van der Waals surface area contributed by atoms with Gasteiger partial charge < -0.3 is 4.74 Å². The molecule has 0 spiro atoms. The van der Waals surface area contributed by atoms with Gasteiger partial charge in [-0.2, -0.15) is 5.06 Å². The van der Waals surface area contributed by atoms with Crippen LogP contribution in [0, 0.1) is 0 Å². The Bertz CT molecular complexity index is 1110. The van der Waals surface area contributed by atoms with E-state index in [9.17, 15) is 13.2 Å². The molecule has 3 aromatic carbocycles. The molecule has 8 heteroatoms. The zero-order chi connectivity index (χ0) is 24.4. The smallest absolute Gasteiger partial charge is 0.338 e. The van der Waals surface area contributed by atoms with Crippen LogP contribution in [0.5, 0.6) is 0 Å². The average molecular weight is 502 g/mol. The molecule has 0 saturated carbocycles. The van der Waals surface area contributed by atoms with E-state index in [1.54, 1.807) is 23.3 Å². The number of halogens is 1. The molecule has 0 aromatic heterocycles. The molecule has 0 bridgehead atoms. The minimum Gasteiger partial charge on any atom is -0.459 e. The van der Waals surface area contributed by atoms with Crippen LogP contribution in [0.4, 0.5) is 0 Å². The minimum absolute atomic E-state index is 0.0864. The fraction of sp³-hybridized carbons (Fsp3) is 0.269. The highest BCUT2D eigenvalue weighted by molar-refractivity contribution is 7.90. The lowest BCUT2D eigenvalue weighted by Crippen LogP contribution is -2.34. The van der Waals surface area contributed by atoms with Crippen LogP contribution in [0.2, 0.25) is 5.02 Å². The first-order chi connectivity index (χ1) is 16.3. The van der Waals surface area contributed by atoms with Crippen molar-refractivity contribution in [1.29, 1.82) is 0 Å². The number of benzene rings is 3. The van der Waals surface area contributed by atoms with Crippen LogP contribution in [-0.2, 0) is 32.5 Å². The highest BCUT2D eigenvalue weighted by atomic mass is 35.5. The summed E-state index contributed by atoms with van der Waals surface area (Å²) in [4.78, 5) is 18.7. The molecule has 0 aliphatic heterocycles. The van der Waals surface area contributed by atoms with Gasteiger partial charge in [-0.15, -0.1) is 0 Å². The molecule has 180 valence electrons. The molecular formula is C26H28ClNO5S. The largest absolute Gasteiger partial charge is 0.459 e. The second-order valence-corrected chi connectivity index (χ2v) is 10.7. The van der Waals surface area contributed by atoms with Gasteiger partial charge in [-0.05, 0) is 35.7 Å². The van der Waals surface area contributed by atoms with Gasteiger partial charge in [-0.1, -0.05) is 78.3 Å². The van der Waals surface area contributed by atoms with Crippen molar-refractivity contribution in [2.75, 3.05) is 18.6 Å². The molecule has 0 heterocycles. The molecule has 0 saturated heterocycles. The summed E-state index contributed by atoms with van der Waals surface area (Å²) in [6.07, 6.45) is 0.709. The molecule has 0 fully saturated rings. The quantitative estimate of drug-likeness (QED) is 0.259. The number of esters is 1. The van der Waals surface area contributed by atoms with Gasteiger partial charge in [0, 0.05) is 24.4 Å². The maximum Gasteiger partial charge on any atom is 0.338 e. The van der Waals surface area contributed by atoms with E-state index in [2.05, 4.69) is 0 Å². The molecule has 0 aliphatic carbocycles. The monoisotopic (exact) mass is 501 g/mol. The lowest BCUT2D eigenvalue weighted by molar-refractivity contribution is -0.220.